The van der Waals surface area contributed by atoms with Crippen LogP contribution in [0.25, 0.3) is 0 Å². The summed E-state index contributed by atoms with van der Waals surface area (Å²) in [6.07, 6.45) is 3.24. The lowest BCUT2D eigenvalue weighted by molar-refractivity contribution is 0.0600. The van der Waals surface area contributed by atoms with Crippen LogP contribution >= 0.6 is 0 Å². The number of esters is 1. The zero-order valence-electron chi connectivity index (χ0n) is 14.1. The molecule has 0 saturated heterocycles. The summed E-state index contributed by atoms with van der Waals surface area (Å²) in [7, 11) is 1.40. The highest BCUT2D eigenvalue weighted by atomic mass is 16.5. The molecule has 118 valence electrons. The molecular formula is C20H26O2. The van der Waals surface area contributed by atoms with Crippen molar-refractivity contribution >= 4 is 5.97 Å². The van der Waals surface area contributed by atoms with Crippen LogP contribution in [0.15, 0.2) is 48.5 Å². The van der Waals surface area contributed by atoms with Crippen LogP contribution < -0.4 is 0 Å². The summed E-state index contributed by atoms with van der Waals surface area (Å²) in [4.78, 5) is 11.3. The number of hydrogen-bond donors (Lipinski definition) is 0. The van der Waals surface area contributed by atoms with E-state index in [4.69, 9.17) is 0 Å². The van der Waals surface area contributed by atoms with Crippen molar-refractivity contribution in [3.8, 4) is 0 Å². The van der Waals surface area contributed by atoms with Crippen molar-refractivity contribution in [2.75, 3.05) is 7.11 Å². The Hall–Kier alpha value is -2.09. The number of rotatable bonds is 4. The van der Waals surface area contributed by atoms with Crippen LogP contribution in [0.3, 0.4) is 0 Å². The summed E-state index contributed by atoms with van der Waals surface area (Å²) in [5, 5.41) is 0. The van der Waals surface area contributed by atoms with Gasteiger partial charge in [0.05, 0.1) is 12.7 Å². The zero-order chi connectivity index (χ0) is 16.4. The van der Waals surface area contributed by atoms with Gasteiger partial charge in [-0.15, -0.1) is 0 Å². The average molecular weight is 298 g/mol. The minimum Gasteiger partial charge on any atom is -0.465 e. The molecule has 2 heteroatoms. The van der Waals surface area contributed by atoms with Gasteiger partial charge < -0.3 is 4.74 Å². The highest BCUT2D eigenvalue weighted by Crippen LogP contribution is 2.10. The molecule has 0 spiro atoms. The van der Waals surface area contributed by atoms with E-state index in [0.717, 1.165) is 12.8 Å². The topological polar surface area (TPSA) is 26.3 Å². The van der Waals surface area contributed by atoms with Gasteiger partial charge in [-0.05, 0) is 43.0 Å². The molecule has 0 radical (unpaired) electrons. The predicted molar refractivity (Wildman–Crippen MR) is 92.3 cm³/mol. The van der Waals surface area contributed by atoms with Crippen LogP contribution in [0.4, 0.5) is 0 Å². The second-order valence-corrected chi connectivity index (χ2v) is 5.38. The van der Waals surface area contributed by atoms with E-state index in [2.05, 4.69) is 49.8 Å². The zero-order valence-corrected chi connectivity index (χ0v) is 14.1. The highest BCUT2D eigenvalue weighted by molar-refractivity contribution is 5.89. The molecule has 0 fully saturated rings. The second kappa shape index (κ2) is 9.78. The van der Waals surface area contributed by atoms with Gasteiger partial charge >= 0.3 is 5.97 Å². The third kappa shape index (κ3) is 6.13. The third-order valence-electron chi connectivity index (χ3n) is 3.20. The Morgan fingerprint density at radius 1 is 0.864 bits per heavy atom. The van der Waals surface area contributed by atoms with Gasteiger partial charge in [0.15, 0.2) is 0 Å². The lowest BCUT2D eigenvalue weighted by atomic mass is 10.0. The number of hydrogen-bond acceptors (Lipinski definition) is 2. The van der Waals surface area contributed by atoms with Crippen molar-refractivity contribution in [1.82, 2.24) is 0 Å². The van der Waals surface area contributed by atoms with Crippen LogP contribution in [0.2, 0.25) is 0 Å². The first-order valence-electron chi connectivity index (χ1n) is 7.83. The Kier molecular flexibility index (Phi) is 7.98. The molecule has 2 rings (SSSR count). The monoisotopic (exact) mass is 298 g/mol. The normalized spacial score (nSPS) is 9.64. The fraction of sp³-hybridized carbons (Fsp3) is 0.350. The molecular weight excluding hydrogens is 272 g/mol. The van der Waals surface area contributed by atoms with Gasteiger partial charge in [0.1, 0.15) is 0 Å². The van der Waals surface area contributed by atoms with E-state index in [9.17, 15) is 4.79 Å². The van der Waals surface area contributed by atoms with Crippen molar-refractivity contribution < 1.29 is 9.53 Å². The summed E-state index contributed by atoms with van der Waals surface area (Å²) < 4.78 is 4.68. The minimum atomic E-state index is -0.287. The highest BCUT2D eigenvalue weighted by Gasteiger charge is 2.04. The number of ether oxygens (including phenoxy) is 1. The lowest BCUT2D eigenvalue weighted by Gasteiger charge is -2.04. The molecule has 0 aliphatic rings. The molecule has 0 N–H and O–H groups in total. The predicted octanol–water partition coefficient (Wildman–Crippen LogP) is 4.98. The van der Waals surface area contributed by atoms with Gasteiger partial charge in [0, 0.05) is 0 Å². The van der Waals surface area contributed by atoms with Crippen LogP contribution in [-0.4, -0.2) is 13.1 Å². The van der Waals surface area contributed by atoms with E-state index in [0.29, 0.717) is 5.56 Å². The Morgan fingerprint density at radius 2 is 1.27 bits per heavy atom. The summed E-state index contributed by atoms with van der Waals surface area (Å²) in [6.45, 7) is 6.34. The van der Waals surface area contributed by atoms with E-state index >= 15 is 0 Å². The first kappa shape index (κ1) is 18.0. The third-order valence-corrected chi connectivity index (χ3v) is 3.20. The van der Waals surface area contributed by atoms with Gasteiger partial charge in [-0.25, -0.2) is 4.79 Å². The van der Waals surface area contributed by atoms with Gasteiger partial charge in [0.2, 0.25) is 0 Å². The van der Waals surface area contributed by atoms with Gasteiger partial charge in [-0.1, -0.05) is 62.2 Å². The molecule has 0 unspecified atom stereocenters. The quantitative estimate of drug-likeness (QED) is 0.744. The van der Waals surface area contributed by atoms with Crippen molar-refractivity contribution in [3.63, 3.8) is 0 Å². The van der Waals surface area contributed by atoms with Crippen LogP contribution in [0, 0.1) is 6.92 Å². The Balaban J connectivity index is 0.000000745. The van der Waals surface area contributed by atoms with Crippen molar-refractivity contribution in [2.24, 2.45) is 0 Å². The van der Waals surface area contributed by atoms with Gasteiger partial charge in [-0.3, -0.25) is 0 Å². The number of carbonyl (C=O) groups is 1. The first-order chi connectivity index (χ1) is 10.6. The maximum absolute atomic E-state index is 11.3. The Labute approximate surface area is 134 Å². The Morgan fingerprint density at radius 3 is 1.68 bits per heavy atom. The SMILES string of the molecule is CCC.COC(=O)c1ccc(CCc2ccc(C)cc2)cc1. The molecule has 0 atom stereocenters. The lowest BCUT2D eigenvalue weighted by Crippen LogP contribution is -2.01. The van der Waals surface area contributed by atoms with Gasteiger partial charge in [0.25, 0.3) is 0 Å². The summed E-state index contributed by atoms with van der Waals surface area (Å²) in [5.74, 6) is -0.287. The molecule has 0 aromatic heterocycles. The molecule has 2 aromatic carbocycles. The number of benzene rings is 2. The number of aryl methyl sites for hydroxylation is 3. The van der Waals surface area contributed by atoms with Crippen LogP contribution in [-0.2, 0) is 17.6 Å². The fourth-order valence-corrected chi connectivity index (χ4v) is 1.97. The smallest absolute Gasteiger partial charge is 0.337 e. The first-order valence-corrected chi connectivity index (χ1v) is 7.83. The molecule has 2 aromatic rings. The molecule has 0 saturated carbocycles. The molecule has 0 amide bonds. The number of carbonyl (C=O) groups excluding carboxylic acids is 1. The standard InChI is InChI=1S/C17H18O2.C3H8/c1-13-3-5-14(6-4-13)7-8-15-9-11-16(12-10-15)17(18)19-2;1-3-2/h3-6,9-12H,7-8H2,1-2H3;3H2,1-2H3. The van der Waals surface area contributed by atoms with Crippen molar-refractivity contribution in [2.45, 2.75) is 40.0 Å². The summed E-state index contributed by atoms with van der Waals surface area (Å²) >= 11 is 0. The van der Waals surface area contributed by atoms with E-state index in [1.807, 2.05) is 24.3 Å². The maximum Gasteiger partial charge on any atom is 0.337 e. The van der Waals surface area contributed by atoms with E-state index < -0.39 is 0 Å². The van der Waals surface area contributed by atoms with Crippen LogP contribution in [0.5, 0.6) is 0 Å². The fourth-order valence-electron chi connectivity index (χ4n) is 1.97. The molecule has 0 aliphatic carbocycles. The summed E-state index contributed by atoms with van der Waals surface area (Å²) in [5.41, 5.74) is 4.45. The van der Waals surface area contributed by atoms with E-state index in [-0.39, 0.29) is 5.97 Å². The minimum absolute atomic E-state index is 0.287. The molecule has 0 heterocycles. The largest absolute Gasteiger partial charge is 0.465 e. The Bertz CT molecular complexity index is 553. The van der Waals surface area contributed by atoms with Crippen molar-refractivity contribution in [3.05, 3.63) is 70.8 Å². The van der Waals surface area contributed by atoms with Gasteiger partial charge in [-0.2, -0.15) is 0 Å². The number of methoxy groups -OCH3 is 1. The maximum atomic E-state index is 11.3. The molecule has 22 heavy (non-hydrogen) atoms. The molecule has 0 bridgehead atoms. The molecule has 0 aliphatic heterocycles. The van der Waals surface area contributed by atoms with E-state index in [1.54, 1.807) is 0 Å². The van der Waals surface area contributed by atoms with E-state index in [1.165, 1.54) is 30.2 Å². The summed E-state index contributed by atoms with van der Waals surface area (Å²) in [6, 6.07) is 16.2. The van der Waals surface area contributed by atoms with Crippen molar-refractivity contribution in [1.29, 1.82) is 0 Å². The van der Waals surface area contributed by atoms with Crippen LogP contribution in [0.1, 0.15) is 47.3 Å². The molecule has 2 nitrogen and oxygen atoms in total. The second-order valence-electron chi connectivity index (χ2n) is 5.38. The average Bonchev–Trinajstić information content (AvgIpc) is 2.55.